The third-order valence-electron chi connectivity index (χ3n) is 8.46. The van der Waals surface area contributed by atoms with E-state index < -0.39 is 41.1 Å². The molecule has 3 heterocycles. The number of aliphatic hydroxyl groups is 1. The highest BCUT2D eigenvalue weighted by molar-refractivity contribution is 5.98. The van der Waals surface area contributed by atoms with Gasteiger partial charge in [-0.1, -0.05) is 39.3 Å². The molecule has 2 amide bonds. The summed E-state index contributed by atoms with van der Waals surface area (Å²) in [5, 5.41) is 10.4. The van der Waals surface area contributed by atoms with E-state index >= 15 is 0 Å². The van der Waals surface area contributed by atoms with Crippen LogP contribution in [0.3, 0.4) is 0 Å². The third kappa shape index (κ3) is 5.11. The smallest absolute Gasteiger partial charge is 0.312 e. The van der Waals surface area contributed by atoms with E-state index in [0.717, 1.165) is 12.8 Å². The second kappa shape index (κ2) is 11.7. The second-order valence-electron chi connectivity index (χ2n) is 11.6. The average molecular weight is 519 g/mol. The number of ether oxygens (including phenoxy) is 2. The molecule has 3 aliphatic heterocycles. The lowest BCUT2D eigenvalue weighted by atomic mass is 9.66. The molecule has 0 aromatic carbocycles. The van der Waals surface area contributed by atoms with Crippen LogP contribution in [0.2, 0.25) is 0 Å². The van der Waals surface area contributed by atoms with E-state index in [9.17, 15) is 19.5 Å². The maximum atomic E-state index is 14.4. The minimum Gasteiger partial charge on any atom is -0.465 e. The molecular formula is C29H46N2O6. The lowest BCUT2D eigenvalue weighted by Gasteiger charge is -2.41. The van der Waals surface area contributed by atoms with Crippen molar-refractivity contribution in [1.29, 1.82) is 0 Å². The molecule has 0 radical (unpaired) electrons. The van der Waals surface area contributed by atoms with E-state index in [2.05, 4.69) is 20.1 Å². The molecule has 208 valence electrons. The minimum atomic E-state index is -1.14. The number of amides is 2. The van der Waals surface area contributed by atoms with E-state index in [1.807, 2.05) is 27.7 Å². The molecule has 3 fully saturated rings. The Hall–Kier alpha value is -2.19. The van der Waals surface area contributed by atoms with Crippen LogP contribution in [0.15, 0.2) is 25.3 Å². The van der Waals surface area contributed by atoms with Gasteiger partial charge < -0.3 is 24.4 Å². The van der Waals surface area contributed by atoms with Gasteiger partial charge in [0.1, 0.15) is 17.6 Å². The predicted octanol–water partition coefficient (Wildman–Crippen LogP) is 3.48. The van der Waals surface area contributed by atoms with Crippen molar-refractivity contribution in [3.63, 3.8) is 0 Å². The summed E-state index contributed by atoms with van der Waals surface area (Å²) in [5.74, 6) is -2.42. The van der Waals surface area contributed by atoms with Gasteiger partial charge in [0.05, 0.1) is 30.8 Å². The van der Waals surface area contributed by atoms with Crippen LogP contribution in [0.1, 0.15) is 73.1 Å². The van der Waals surface area contributed by atoms with E-state index in [1.165, 1.54) is 0 Å². The van der Waals surface area contributed by atoms with Crippen molar-refractivity contribution in [2.45, 2.75) is 102 Å². The van der Waals surface area contributed by atoms with Gasteiger partial charge >= 0.3 is 5.97 Å². The summed E-state index contributed by atoms with van der Waals surface area (Å²) in [6, 6.07) is -1.54. The van der Waals surface area contributed by atoms with Crippen LogP contribution in [0, 0.1) is 17.8 Å². The Balaban J connectivity index is 2.10. The summed E-state index contributed by atoms with van der Waals surface area (Å²) < 4.78 is 12.2. The first-order chi connectivity index (χ1) is 17.5. The molecule has 1 N–H and O–H groups in total. The van der Waals surface area contributed by atoms with Crippen molar-refractivity contribution < 1.29 is 29.0 Å². The standard InChI is InChI=1S/C29H46N2O6/c1-8-11-16-36-27(35)23-22-25(33)31(21(18-32)17-19(4)5)24(29(22)14-13-28(23,7)37-29)26(34)30(15-10-3)20(6)12-9-2/h8,10,19-24,32H,1,3,9,11-18H2,2,4-7H3/t20?,21-,22+,23+,24?,28-,29?/m1/s1. The first-order valence-electron chi connectivity index (χ1n) is 13.8. The molecule has 8 nitrogen and oxygen atoms in total. The molecule has 0 aromatic heterocycles. The van der Waals surface area contributed by atoms with Gasteiger partial charge in [0.15, 0.2) is 0 Å². The van der Waals surface area contributed by atoms with E-state index in [1.54, 1.807) is 22.0 Å². The molecule has 3 saturated heterocycles. The van der Waals surface area contributed by atoms with Gasteiger partial charge in [-0.15, -0.1) is 13.2 Å². The fraction of sp³-hybridized carbons (Fsp3) is 0.759. The number of rotatable bonds is 14. The SMILES string of the molecule is C=CCCOC(=O)[C@@H]1[C@H]2C(=O)N([C@@H](CO)CC(C)C)C(C(=O)N(CC=C)C(C)CCC)C23CC[C@@]1(C)O3. The Bertz CT molecular complexity index is 890. The quantitative estimate of drug-likeness (QED) is 0.215. The van der Waals surface area contributed by atoms with Crippen LogP contribution in [0.5, 0.6) is 0 Å². The molecule has 0 aromatic rings. The summed E-state index contributed by atoms with van der Waals surface area (Å²) in [4.78, 5) is 45.4. The minimum absolute atomic E-state index is 0.0607. The van der Waals surface area contributed by atoms with Gasteiger partial charge in [-0.3, -0.25) is 14.4 Å². The zero-order valence-electron chi connectivity index (χ0n) is 23.3. The molecule has 8 heteroatoms. The molecular weight excluding hydrogens is 472 g/mol. The van der Waals surface area contributed by atoms with Gasteiger partial charge in [-0.2, -0.15) is 0 Å². The van der Waals surface area contributed by atoms with Crippen LogP contribution in [0.4, 0.5) is 0 Å². The highest BCUT2D eigenvalue weighted by Crippen LogP contribution is 2.64. The van der Waals surface area contributed by atoms with Crippen LogP contribution in [-0.4, -0.2) is 81.8 Å². The number of carbonyl (C=O) groups is 3. The van der Waals surface area contributed by atoms with E-state index in [0.29, 0.717) is 32.2 Å². The highest BCUT2D eigenvalue weighted by Gasteiger charge is 2.79. The van der Waals surface area contributed by atoms with Crippen LogP contribution in [-0.2, 0) is 23.9 Å². The number of hydrogen-bond donors (Lipinski definition) is 1. The van der Waals surface area contributed by atoms with Crippen molar-refractivity contribution in [3.8, 4) is 0 Å². The number of carbonyl (C=O) groups excluding carboxylic acids is 3. The second-order valence-corrected chi connectivity index (χ2v) is 11.6. The molecule has 1 spiro atoms. The lowest BCUT2D eigenvalue weighted by Crippen LogP contribution is -2.60. The van der Waals surface area contributed by atoms with Crippen molar-refractivity contribution in [2.24, 2.45) is 17.8 Å². The molecule has 3 unspecified atom stereocenters. The highest BCUT2D eigenvalue weighted by atomic mass is 16.6. The fourth-order valence-corrected chi connectivity index (χ4v) is 6.90. The largest absolute Gasteiger partial charge is 0.465 e. The lowest BCUT2D eigenvalue weighted by molar-refractivity contribution is -0.162. The topological polar surface area (TPSA) is 96.4 Å². The summed E-state index contributed by atoms with van der Waals surface area (Å²) in [7, 11) is 0. The number of nitrogens with zero attached hydrogens (tertiary/aromatic N) is 2. The van der Waals surface area contributed by atoms with Crippen molar-refractivity contribution >= 4 is 17.8 Å². The Morgan fingerprint density at radius 3 is 2.54 bits per heavy atom. The summed E-state index contributed by atoms with van der Waals surface area (Å²) >= 11 is 0. The van der Waals surface area contributed by atoms with E-state index in [-0.39, 0.29) is 37.0 Å². The maximum Gasteiger partial charge on any atom is 0.312 e. The average Bonchev–Trinajstić information content (AvgIpc) is 3.41. The first kappa shape index (κ1) is 29.4. The monoisotopic (exact) mass is 518 g/mol. The summed E-state index contributed by atoms with van der Waals surface area (Å²) in [5.41, 5.74) is -2.03. The van der Waals surface area contributed by atoms with Gasteiger partial charge in [0.2, 0.25) is 11.8 Å². The Morgan fingerprint density at radius 1 is 1.27 bits per heavy atom. The maximum absolute atomic E-state index is 14.4. The number of likely N-dealkylation sites (tertiary alicyclic amines) is 1. The van der Waals surface area contributed by atoms with Crippen LogP contribution < -0.4 is 0 Å². The summed E-state index contributed by atoms with van der Waals surface area (Å²) in [6.07, 6.45) is 7.18. The van der Waals surface area contributed by atoms with E-state index in [4.69, 9.17) is 9.47 Å². The molecule has 37 heavy (non-hydrogen) atoms. The molecule has 7 atom stereocenters. The third-order valence-corrected chi connectivity index (χ3v) is 8.46. The zero-order chi connectivity index (χ0) is 27.5. The Labute approximate surface area is 222 Å². The van der Waals surface area contributed by atoms with Crippen LogP contribution in [0.25, 0.3) is 0 Å². The van der Waals surface area contributed by atoms with Crippen molar-refractivity contribution in [2.75, 3.05) is 19.8 Å². The fourth-order valence-electron chi connectivity index (χ4n) is 6.90. The zero-order valence-corrected chi connectivity index (χ0v) is 23.3. The van der Waals surface area contributed by atoms with Gasteiger partial charge in [0, 0.05) is 12.6 Å². The number of hydrogen-bond acceptors (Lipinski definition) is 6. The molecule has 0 aliphatic carbocycles. The van der Waals surface area contributed by atoms with Crippen molar-refractivity contribution in [3.05, 3.63) is 25.3 Å². The summed E-state index contributed by atoms with van der Waals surface area (Å²) in [6.45, 7) is 17.8. The van der Waals surface area contributed by atoms with Crippen LogP contribution >= 0.6 is 0 Å². The van der Waals surface area contributed by atoms with Crippen molar-refractivity contribution in [1.82, 2.24) is 9.80 Å². The molecule has 2 bridgehead atoms. The van der Waals surface area contributed by atoms with Gasteiger partial charge in [-0.05, 0) is 51.9 Å². The Morgan fingerprint density at radius 2 is 1.97 bits per heavy atom. The first-order valence-corrected chi connectivity index (χ1v) is 13.8. The van der Waals surface area contributed by atoms with Gasteiger partial charge in [-0.25, -0.2) is 0 Å². The predicted molar refractivity (Wildman–Crippen MR) is 141 cm³/mol. The van der Waals surface area contributed by atoms with Gasteiger partial charge in [0.25, 0.3) is 0 Å². The normalized spacial score (nSPS) is 31.8. The number of esters is 1. The number of aliphatic hydroxyl groups excluding tert-OH is 1. The molecule has 0 saturated carbocycles. The Kier molecular flexibility index (Phi) is 9.27. The number of fused-ring (bicyclic) bond motifs is 1. The molecule has 3 rings (SSSR count). The molecule has 3 aliphatic rings.